The van der Waals surface area contributed by atoms with Gasteiger partial charge in [-0.05, 0) is 55.0 Å². The van der Waals surface area contributed by atoms with E-state index in [0.29, 0.717) is 36.0 Å². The van der Waals surface area contributed by atoms with Crippen LogP contribution in [0.4, 0.5) is 4.39 Å². The van der Waals surface area contributed by atoms with Gasteiger partial charge in [-0.15, -0.1) is 0 Å². The Bertz CT molecular complexity index is 1330. The van der Waals surface area contributed by atoms with Crippen LogP contribution >= 0.6 is 0 Å². The maximum absolute atomic E-state index is 15.3. The minimum absolute atomic E-state index is 0.0582. The highest BCUT2D eigenvalue weighted by Crippen LogP contribution is 2.36. The summed E-state index contributed by atoms with van der Waals surface area (Å²) in [6.07, 6.45) is 4.80. The summed E-state index contributed by atoms with van der Waals surface area (Å²) in [5.74, 6) is -0.500. The summed E-state index contributed by atoms with van der Waals surface area (Å²) < 4.78 is 45.1. The number of rotatable bonds is 6. The van der Waals surface area contributed by atoms with Gasteiger partial charge in [0.15, 0.2) is 0 Å². The fourth-order valence-corrected chi connectivity index (χ4v) is 5.57. The van der Waals surface area contributed by atoms with Crippen LogP contribution in [0.5, 0.6) is 0 Å². The zero-order valence-electron chi connectivity index (χ0n) is 18.7. The molecule has 32 heavy (non-hydrogen) atoms. The van der Waals surface area contributed by atoms with Gasteiger partial charge in [-0.2, -0.15) is 5.26 Å². The lowest BCUT2D eigenvalue weighted by molar-refractivity contribution is 0.349. The Morgan fingerprint density at radius 2 is 2.06 bits per heavy atom. The second kappa shape index (κ2) is 7.98. The average Bonchev–Trinajstić information content (AvgIpc) is 3.51. The highest BCUT2D eigenvalue weighted by molar-refractivity contribution is 7.90. The van der Waals surface area contributed by atoms with E-state index < -0.39 is 21.9 Å². The molecule has 3 aromatic rings. The minimum Gasteiger partial charge on any atom is -0.347 e. The van der Waals surface area contributed by atoms with Gasteiger partial charge in [-0.3, -0.25) is 4.98 Å². The lowest BCUT2D eigenvalue weighted by atomic mass is 9.96. The number of nitrogens with one attached hydrogen (secondary N) is 1. The summed E-state index contributed by atoms with van der Waals surface area (Å²) in [7, 11) is -3.40. The predicted molar refractivity (Wildman–Crippen MR) is 123 cm³/mol. The molecule has 0 bridgehead atoms. The third-order valence-corrected chi connectivity index (χ3v) is 7.63. The molecule has 1 saturated carbocycles. The number of fused-ring (bicyclic) bond motifs is 1. The van der Waals surface area contributed by atoms with Crippen molar-refractivity contribution in [1.82, 2.24) is 14.3 Å². The number of sulfonamides is 1. The van der Waals surface area contributed by atoms with Crippen LogP contribution in [0.15, 0.2) is 36.7 Å². The second-order valence-corrected chi connectivity index (χ2v) is 11.7. The fraction of sp³-hybridized carbons (Fsp3) is 0.417. The van der Waals surface area contributed by atoms with Crippen LogP contribution in [0.3, 0.4) is 0 Å². The van der Waals surface area contributed by atoms with E-state index in [9.17, 15) is 13.7 Å². The Morgan fingerprint density at radius 3 is 2.69 bits per heavy atom. The van der Waals surface area contributed by atoms with E-state index in [4.69, 9.17) is 0 Å². The van der Waals surface area contributed by atoms with Crippen molar-refractivity contribution in [2.24, 2.45) is 5.41 Å². The molecule has 1 aliphatic carbocycles. The molecule has 0 spiro atoms. The molecule has 0 amide bonds. The molecule has 0 radical (unpaired) electrons. The summed E-state index contributed by atoms with van der Waals surface area (Å²) in [6, 6.07) is 7.97. The normalized spacial score (nSPS) is 15.6. The number of nitriles is 1. The van der Waals surface area contributed by atoms with Gasteiger partial charge in [-0.1, -0.05) is 20.8 Å². The molecule has 1 aromatic carbocycles. The Morgan fingerprint density at radius 1 is 1.34 bits per heavy atom. The van der Waals surface area contributed by atoms with Crippen molar-refractivity contribution in [1.29, 1.82) is 5.26 Å². The highest BCUT2D eigenvalue weighted by Gasteiger charge is 2.37. The van der Waals surface area contributed by atoms with Crippen LogP contribution in [0.2, 0.25) is 0 Å². The predicted octanol–water partition coefficient (Wildman–Crippen LogP) is 4.90. The van der Waals surface area contributed by atoms with Crippen molar-refractivity contribution in [3.8, 4) is 17.3 Å². The molecule has 168 valence electrons. The van der Waals surface area contributed by atoms with Gasteiger partial charge in [0.05, 0.1) is 16.5 Å². The van der Waals surface area contributed by atoms with Crippen molar-refractivity contribution in [3.63, 3.8) is 0 Å². The molecule has 1 fully saturated rings. The first-order chi connectivity index (χ1) is 15.0. The largest absolute Gasteiger partial charge is 0.347 e. The zero-order valence-corrected chi connectivity index (χ0v) is 19.5. The average molecular weight is 455 g/mol. The topological polar surface area (TPSA) is 87.8 Å². The number of halogens is 1. The Balaban J connectivity index is 1.87. The van der Waals surface area contributed by atoms with Gasteiger partial charge in [0.25, 0.3) is 0 Å². The van der Waals surface area contributed by atoms with Gasteiger partial charge in [0.2, 0.25) is 10.0 Å². The molecule has 1 aliphatic rings. The first kappa shape index (κ1) is 22.4. The van der Waals surface area contributed by atoms with Crippen molar-refractivity contribution >= 4 is 20.9 Å². The molecular weight excluding hydrogens is 427 g/mol. The van der Waals surface area contributed by atoms with E-state index in [1.165, 1.54) is 12.3 Å². The second-order valence-electron chi connectivity index (χ2n) is 9.72. The van der Waals surface area contributed by atoms with E-state index in [1.807, 2.05) is 10.8 Å². The van der Waals surface area contributed by atoms with E-state index in [0.717, 1.165) is 11.1 Å². The third-order valence-electron chi connectivity index (χ3n) is 5.60. The molecule has 1 atom stereocenters. The van der Waals surface area contributed by atoms with Gasteiger partial charge in [0.1, 0.15) is 11.9 Å². The fourth-order valence-electron chi connectivity index (χ4n) is 4.00. The first-order valence-corrected chi connectivity index (χ1v) is 12.2. The number of benzene rings is 1. The molecule has 2 aromatic heterocycles. The molecule has 6 nitrogen and oxygen atoms in total. The Hall–Kier alpha value is -2.76. The van der Waals surface area contributed by atoms with Crippen LogP contribution in [0.25, 0.3) is 22.2 Å². The molecule has 4 rings (SSSR count). The lowest BCUT2D eigenvalue weighted by Crippen LogP contribution is -2.29. The smallest absolute Gasteiger partial charge is 0.215 e. The highest BCUT2D eigenvalue weighted by atomic mass is 32.2. The number of hydrogen-bond donors (Lipinski definition) is 1. The number of hydrogen-bond acceptors (Lipinski definition) is 4. The molecule has 0 aliphatic heterocycles. The lowest BCUT2D eigenvalue weighted by Gasteiger charge is -2.20. The van der Waals surface area contributed by atoms with Gasteiger partial charge in [-0.25, -0.2) is 17.5 Å². The van der Waals surface area contributed by atoms with Gasteiger partial charge < -0.3 is 4.57 Å². The van der Waals surface area contributed by atoms with E-state index in [1.54, 1.807) is 25.1 Å². The van der Waals surface area contributed by atoms with Crippen LogP contribution in [0, 0.1) is 22.6 Å². The molecule has 2 heterocycles. The van der Waals surface area contributed by atoms with Crippen LogP contribution in [-0.2, 0) is 16.6 Å². The number of pyridine rings is 1. The van der Waals surface area contributed by atoms with Crippen LogP contribution < -0.4 is 4.72 Å². The van der Waals surface area contributed by atoms with E-state index in [2.05, 4.69) is 36.5 Å². The van der Waals surface area contributed by atoms with Crippen molar-refractivity contribution in [2.75, 3.05) is 0 Å². The minimum atomic E-state index is -3.40. The summed E-state index contributed by atoms with van der Waals surface area (Å²) in [5.41, 5.74) is 2.28. The summed E-state index contributed by atoms with van der Waals surface area (Å²) in [5, 5.41) is 9.76. The number of nitrogens with zero attached hydrogens (tertiary/aromatic N) is 3. The molecule has 8 heteroatoms. The summed E-state index contributed by atoms with van der Waals surface area (Å²) in [4.78, 5) is 4.24. The van der Waals surface area contributed by atoms with Crippen LogP contribution in [0.1, 0.15) is 57.7 Å². The molecule has 1 N–H and O–H groups in total. The van der Waals surface area contributed by atoms with Crippen molar-refractivity contribution in [2.45, 2.75) is 58.4 Å². The number of aromatic nitrogens is 2. The SMILES string of the molecule is C[C@@H](NS(=O)(=O)C1CC1)c1cn(CC(C)(C)C)c2cc(-c3ncccc3C#N)c(F)cc12. The van der Waals surface area contributed by atoms with Crippen molar-refractivity contribution in [3.05, 3.63) is 53.6 Å². The van der Waals surface area contributed by atoms with Gasteiger partial charge in [0, 0.05) is 41.4 Å². The first-order valence-electron chi connectivity index (χ1n) is 10.7. The monoisotopic (exact) mass is 454 g/mol. The summed E-state index contributed by atoms with van der Waals surface area (Å²) >= 11 is 0. The van der Waals surface area contributed by atoms with Crippen molar-refractivity contribution < 1.29 is 12.8 Å². The molecule has 0 unspecified atom stereocenters. The van der Waals surface area contributed by atoms with E-state index in [-0.39, 0.29) is 16.2 Å². The maximum Gasteiger partial charge on any atom is 0.215 e. The zero-order chi connectivity index (χ0) is 23.3. The maximum atomic E-state index is 15.3. The quantitative estimate of drug-likeness (QED) is 0.574. The Kier molecular flexibility index (Phi) is 5.60. The summed E-state index contributed by atoms with van der Waals surface area (Å²) in [6.45, 7) is 8.76. The molecule has 0 saturated heterocycles. The standard InChI is InChI=1S/C24H27FN4O2S/c1-15(28-32(30,31)17-7-8-17)20-13-29(14-24(2,3)4)22-11-19(21(25)10-18(20)22)23-16(12-26)6-5-9-27-23/h5-6,9-11,13,15,17,28H,7-8,14H2,1-4H3/t15-/m1/s1. The third kappa shape index (κ3) is 4.41. The Labute approximate surface area is 188 Å². The van der Waals surface area contributed by atoms with E-state index >= 15 is 4.39 Å². The molecular formula is C24H27FN4O2S. The van der Waals surface area contributed by atoms with Crippen LogP contribution in [-0.4, -0.2) is 23.2 Å². The van der Waals surface area contributed by atoms with Gasteiger partial charge >= 0.3 is 0 Å².